The predicted molar refractivity (Wildman–Crippen MR) is 94.3 cm³/mol. The van der Waals surface area contributed by atoms with Crippen LogP contribution in [0.4, 0.5) is 0 Å². The zero-order chi connectivity index (χ0) is 18.7. The number of unbranched alkanes of at least 4 members (excludes halogenated alkanes) is 7. The Morgan fingerprint density at radius 1 is 1.12 bits per heavy atom. The van der Waals surface area contributed by atoms with E-state index in [0.29, 0.717) is 18.4 Å². The minimum absolute atomic E-state index is 0.0233. The van der Waals surface area contributed by atoms with Crippen molar-refractivity contribution in [1.29, 1.82) is 10.5 Å². The first-order valence-corrected chi connectivity index (χ1v) is 9.07. The van der Waals surface area contributed by atoms with Crippen LogP contribution in [-0.4, -0.2) is 16.9 Å². The van der Waals surface area contributed by atoms with Gasteiger partial charge in [0.05, 0.1) is 0 Å². The molecule has 1 fully saturated rings. The highest BCUT2D eigenvalue weighted by atomic mass is 16.4. The molecular formula is C20H26N2O3. The molecule has 0 saturated heterocycles. The predicted octanol–water partition coefficient (Wildman–Crippen LogP) is 4.46. The van der Waals surface area contributed by atoms with Gasteiger partial charge in [0.2, 0.25) is 0 Å². The number of ketones is 1. The third kappa shape index (κ3) is 6.55. The van der Waals surface area contributed by atoms with Crippen molar-refractivity contribution in [2.75, 3.05) is 0 Å². The number of carboxylic acid groups (broad SMARTS) is 1. The molecule has 0 bridgehead atoms. The van der Waals surface area contributed by atoms with Crippen LogP contribution in [-0.2, 0) is 9.59 Å². The second-order valence-electron chi connectivity index (χ2n) is 6.50. The van der Waals surface area contributed by atoms with Gasteiger partial charge in [0.15, 0.2) is 5.78 Å². The Balaban J connectivity index is 2.59. The molecule has 1 saturated carbocycles. The van der Waals surface area contributed by atoms with E-state index in [0.717, 1.165) is 25.3 Å². The fraction of sp³-hybridized carbons (Fsp3) is 0.600. The third-order valence-electron chi connectivity index (χ3n) is 4.61. The molecule has 0 aromatic heterocycles. The summed E-state index contributed by atoms with van der Waals surface area (Å²) < 4.78 is 0. The minimum atomic E-state index is -1.23. The Labute approximate surface area is 149 Å². The summed E-state index contributed by atoms with van der Waals surface area (Å²) in [7, 11) is 0. The van der Waals surface area contributed by atoms with Gasteiger partial charge >= 0.3 is 5.97 Å². The van der Waals surface area contributed by atoms with E-state index in [1.54, 1.807) is 12.1 Å². The number of aliphatic carboxylic acids is 1. The summed E-state index contributed by atoms with van der Waals surface area (Å²) in [6, 6.07) is 3.54. The number of carbonyl (C=O) groups is 2. The van der Waals surface area contributed by atoms with Crippen molar-refractivity contribution in [3.8, 4) is 12.1 Å². The van der Waals surface area contributed by atoms with Crippen LogP contribution in [0.3, 0.4) is 0 Å². The molecule has 1 aliphatic carbocycles. The molecule has 0 amide bonds. The monoisotopic (exact) mass is 342 g/mol. The van der Waals surface area contributed by atoms with Gasteiger partial charge in [-0.3, -0.25) is 4.79 Å². The van der Waals surface area contributed by atoms with Crippen LogP contribution in [0.2, 0.25) is 0 Å². The molecule has 1 rings (SSSR count). The van der Waals surface area contributed by atoms with Gasteiger partial charge < -0.3 is 5.11 Å². The summed E-state index contributed by atoms with van der Waals surface area (Å²) in [6.45, 7) is 2.19. The average Bonchev–Trinajstić information content (AvgIpc) is 2.87. The maximum absolute atomic E-state index is 12.4. The molecule has 0 spiro atoms. The van der Waals surface area contributed by atoms with Gasteiger partial charge in [-0.1, -0.05) is 58.3 Å². The molecule has 0 aliphatic heterocycles. The Bertz CT molecular complexity index is 616. The summed E-state index contributed by atoms with van der Waals surface area (Å²) >= 11 is 0. The number of allylic oxidation sites excluding steroid dienone is 3. The van der Waals surface area contributed by atoms with Crippen LogP contribution in [0.25, 0.3) is 0 Å². The Morgan fingerprint density at radius 3 is 2.20 bits per heavy atom. The fourth-order valence-electron chi connectivity index (χ4n) is 3.25. The van der Waals surface area contributed by atoms with Gasteiger partial charge in [-0.15, -0.1) is 0 Å². The molecule has 1 N–H and O–H groups in total. The summed E-state index contributed by atoms with van der Waals surface area (Å²) in [5.74, 6) is -1.79. The lowest BCUT2D eigenvalue weighted by Crippen LogP contribution is -2.08. The van der Waals surface area contributed by atoms with E-state index < -0.39 is 5.97 Å². The molecule has 1 aliphatic rings. The van der Waals surface area contributed by atoms with Crippen molar-refractivity contribution in [3.05, 3.63) is 22.8 Å². The number of nitrogens with zero attached hydrogens (tertiary/aromatic N) is 2. The van der Waals surface area contributed by atoms with Crippen molar-refractivity contribution >= 4 is 11.8 Å². The number of Topliss-reactive ketones (excluding diaryl/α,β-unsaturated/α-hetero) is 1. The van der Waals surface area contributed by atoms with Gasteiger partial charge in [0.25, 0.3) is 0 Å². The minimum Gasteiger partial charge on any atom is -0.478 e. The van der Waals surface area contributed by atoms with Crippen LogP contribution in [0.5, 0.6) is 0 Å². The van der Waals surface area contributed by atoms with E-state index in [1.165, 1.54) is 32.1 Å². The first-order chi connectivity index (χ1) is 12.0. The second-order valence-corrected chi connectivity index (χ2v) is 6.50. The SMILES string of the molecule is CCCCCCCCCCC1CC(=C(C#N)C#N)/C(=C\C(=O)O)C1=O. The lowest BCUT2D eigenvalue weighted by atomic mass is 9.97. The first-order valence-electron chi connectivity index (χ1n) is 9.07. The normalized spacial score (nSPS) is 18.2. The molecule has 5 heteroatoms. The van der Waals surface area contributed by atoms with Gasteiger partial charge in [-0.2, -0.15) is 10.5 Å². The highest BCUT2D eigenvalue weighted by Crippen LogP contribution is 2.37. The van der Waals surface area contributed by atoms with Gasteiger partial charge in [0, 0.05) is 17.6 Å². The van der Waals surface area contributed by atoms with E-state index in [9.17, 15) is 9.59 Å². The molecular weight excluding hydrogens is 316 g/mol. The van der Waals surface area contributed by atoms with Gasteiger partial charge in [-0.25, -0.2) is 4.79 Å². The van der Waals surface area contributed by atoms with Gasteiger partial charge in [-0.05, 0) is 18.4 Å². The molecule has 5 nitrogen and oxygen atoms in total. The number of hydrogen-bond donors (Lipinski definition) is 1. The lowest BCUT2D eigenvalue weighted by Gasteiger charge is -2.07. The Morgan fingerprint density at radius 2 is 1.68 bits per heavy atom. The maximum atomic E-state index is 12.4. The topological polar surface area (TPSA) is 102 Å². The largest absolute Gasteiger partial charge is 0.478 e. The molecule has 134 valence electrons. The van der Waals surface area contributed by atoms with Gasteiger partial charge in [0.1, 0.15) is 17.7 Å². The molecule has 0 heterocycles. The van der Waals surface area contributed by atoms with E-state index in [-0.39, 0.29) is 22.8 Å². The van der Waals surface area contributed by atoms with E-state index in [4.69, 9.17) is 15.6 Å². The lowest BCUT2D eigenvalue weighted by molar-refractivity contribution is -0.131. The second kappa shape index (κ2) is 11.2. The summed E-state index contributed by atoms with van der Waals surface area (Å²) in [6.07, 6.45) is 11.2. The van der Waals surface area contributed by atoms with E-state index in [1.807, 2.05) is 0 Å². The first kappa shape index (κ1) is 20.6. The maximum Gasteiger partial charge on any atom is 0.329 e. The summed E-state index contributed by atoms with van der Waals surface area (Å²) in [5.41, 5.74) is 0.163. The zero-order valence-corrected chi connectivity index (χ0v) is 14.9. The Kier molecular flexibility index (Phi) is 9.25. The summed E-state index contributed by atoms with van der Waals surface area (Å²) in [5, 5.41) is 27.0. The standard InChI is InChI=1S/C20H26N2O3/c1-2-3-4-5-6-7-8-9-10-15-11-17(16(13-21)14-22)18(20(15)25)12-19(23)24/h12,15H,2-11H2,1H3,(H,23,24)/b18-12+. The highest BCUT2D eigenvalue weighted by molar-refractivity contribution is 6.08. The fourth-order valence-corrected chi connectivity index (χ4v) is 3.25. The highest BCUT2D eigenvalue weighted by Gasteiger charge is 2.35. The van der Waals surface area contributed by atoms with Crippen molar-refractivity contribution in [2.24, 2.45) is 5.92 Å². The van der Waals surface area contributed by atoms with Crippen LogP contribution in [0.1, 0.15) is 71.1 Å². The molecule has 0 radical (unpaired) electrons. The smallest absolute Gasteiger partial charge is 0.329 e. The number of hydrogen-bond acceptors (Lipinski definition) is 4. The molecule has 1 atom stereocenters. The summed E-state index contributed by atoms with van der Waals surface area (Å²) in [4.78, 5) is 23.4. The number of nitriles is 2. The van der Waals surface area contributed by atoms with E-state index in [2.05, 4.69) is 6.92 Å². The third-order valence-corrected chi connectivity index (χ3v) is 4.61. The number of carboxylic acids is 1. The van der Waals surface area contributed by atoms with Crippen LogP contribution >= 0.6 is 0 Å². The molecule has 0 aromatic carbocycles. The van der Waals surface area contributed by atoms with Crippen molar-refractivity contribution < 1.29 is 14.7 Å². The van der Waals surface area contributed by atoms with Crippen molar-refractivity contribution in [3.63, 3.8) is 0 Å². The van der Waals surface area contributed by atoms with E-state index >= 15 is 0 Å². The number of rotatable bonds is 10. The van der Waals surface area contributed by atoms with Crippen LogP contribution < -0.4 is 0 Å². The molecule has 0 aromatic rings. The molecule has 25 heavy (non-hydrogen) atoms. The van der Waals surface area contributed by atoms with Crippen LogP contribution in [0.15, 0.2) is 22.8 Å². The zero-order valence-electron chi connectivity index (χ0n) is 14.9. The quantitative estimate of drug-likeness (QED) is 0.359. The van der Waals surface area contributed by atoms with Crippen molar-refractivity contribution in [1.82, 2.24) is 0 Å². The molecule has 1 unspecified atom stereocenters. The van der Waals surface area contributed by atoms with Crippen LogP contribution in [0, 0.1) is 28.6 Å². The number of carbonyl (C=O) groups excluding carboxylic acids is 1. The Hall–Kier alpha value is -2.40. The van der Waals surface area contributed by atoms with Crippen molar-refractivity contribution in [2.45, 2.75) is 71.1 Å². The average molecular weight is 342 g/mol.